The lowest BCUT2D eigenvalue weighted by molar-refractivity contribution is 0.0947. The third-order valence-corrected chi connectivity index (χ3v) is 6.21. The number of hydrogen-bond acceptors (Lipinski definition) is 5. The molecule has 0 radical (unpaired) electrons. The van der Waals surface area contributed by atoms with Crippen molar-refractivity contribution in [3.8, 4) is 0 Å². The zero-order valence-electron chi connectivity index (χ0n) is 17.2. The maximum atomic E-state index is 13.1. The van der Waals surface area contributed by atoms with E-state index in [-0.39, 0.29) is 11.7 Å². The SMILES string of the molecule is O=C(NCCN1CCN(c2ccc(F)cc2)CC1)c1ccc(Sc2ccccn2)cc1. The number of nitrogens with zero attached hydrogens (tertiary/aromatic N) is 3. The summed E-state index contributed by atoms with van der Waals surface area (Å²) >= 11 is 1.57. The van der Waals surface area contributed by atoms with Crippen molar-refractivity contribution in [1.29, 1.82) is 0 Å². The van der Waals surface area contributed by atoms with Crippen molar-refractivity contribution in [3.63, 3.8) is 0 Å². The van der Waals surface area contributed by atoms with Crippen molar-refractivity contribution in [2.75, 3.05) is 44.2 Å². The lowest BCUT2D eigenvalue weighted by Crippen LogP contribution is -2.48. The number of aromatic nitrogens is 1. The van der Waals surface area contributed by atoms with Gasteiger partial charge in [-0.05, 0) is 60.7 Å². The fraction of sp³-hybridized carbons (Fsp3) is 0.250. The first-order chi connectivity index (χ1) is 15.2. The summed E-state index contributed by atoms with van der Waals surface area (Å²) in [7, 11) is 0. The van der Waals surface area contributed by atoms with Gasteiger partial charge in [-0.15, -0.1) is 0 Å². The fourth-order valence-electron chi connectivity index (χ4n) is 3.51. The molecular formula is C24H25FN4OS. The lowest BCUT2D eigenvalue weighted by atomic mass is 10.2. The minimum Gasteiger partial charge on any atom is -0.369 e. The van der Waals surface area contributed by atoms with Crippen LogP contribution in [0.1, 0.15) is 10.4 Å². The largest absolute Gasteiger partial charge is 0.369 e. The Kier molecular flexibility index (Phi) is 7.17. The summed E-state index contributed by atoms with van der Waals surface area (Å²) in [6.45, 7) is 5.07. The lowest BCUT2D eigenvalue weighted by Gasteiger charge is -2.36. The number of anilines is 1. The van der Waals surface area contributed by atoms with Gasteiger partial charge in [0.05, 0.1) is 0 Å². The van der Waals surface area contributed by atoms with E-state index in [0.717, 1.165) is 48.3 Å². The highest BCUT2D eigenvalue weighted by Gasteiger charge is 2.17. The normalized spacial score (nSPS) is 14.4. The van der Waals surface area contributed by atoms with Crippen LogP contribution in [0, 0.1) is 5.82 Å². The maximum Gasteiger partial charge on any atom is 0.251 e. The standard InChI is InChI=1S/C24H25FN4OS/c25-20-6-8-21(9-7-20)29-17-15-28(16-18-29)14-13-27-24(30)19-4-10-22(11-5-19)31-23-3-1-2-12-26-23/h1-12H,13-18H2,(H,27,30). The third kappa shape index (κ3) is 6.06. The van der Waals surface area contributed by atoms with Crippen molar-refractivity contribution in [2.24, 2.45) is 0 Å². The molecule has 5 nitrogen and oxygen atoms in total. The minimum atomic E-state index is -0.209. The van der Waals surface area contributed by atoms with Crippen LogP contribution in [-0.2, 0) is 0 Å². The second-order valence-electron chi connectivity index (χ2n) is 7.36. The molecule has 7 heteroatoms. The number of carbonyl (C=O) groups excluding carboxylic acids is 1. The average Bonchev–Trinajstić information content (AvgIpc) is 2.81. The molecular weight excluding hydrogens is 411 g/mol. The number of nitrogens with one attached hydrogen (secondary N) is 1. The molecule has 160 valence electrons. The molecule has 4 rings (SSSR count). The summed E-state index contributed by atoms with van der Waals surface area (Å²) in [6, 6.07) is 20.1. The van der Waals surface area contributed by atoms with Gasteiger partial charge in [-0.3, -0.25) is 9.69 Å². The van der Waals surface area contributed by atoms with E-state index in [0.29, 0.717) is 12.1 Å². The monoisotopic (exact) mass is 436 g/mol. The van der Waals surface area contributed by atoms with Crippen LogP contribution in [0.4, 0.5) is 10.1 Å². The number of hydrogen-bond donors (Lipinski definition) is 1. The number of rotatable bonds is 7. The van der Waals surface area contributed by atoms with E-state index in [2.05, 4.69) is 20.1 Å². The molecule has 31 heavy (non-hydrogen) atoms. The fourth-order valence-corrected chi connectivity index (χ4v) is 4.29. The Bertz CT molecular complexity index is 975. The highest BCUT2D eigenvalue weighted by molar-refractivity contribution is 7.99. The van der Waals surface area contributed by atoms with Crippen molar-refractivity contribution in [3.05, 3.63) is 84.3 Å². The minimum absolute atomic E-state index is 0.0562. The molecule has 1 saturated heterocycles. The second kappa shape index (κ2) is 10.4. The summed E-state index contributed by atoms with van der Waals surface area (Å²) in [5.41, 5.74) is 1.71. The number of piperazine rings is 1. The zero-order chi connectivity index (χ0) is 21.5. The van der Waals surface area contributed by atoms with Gasteiger partial charge in [0.2, 0.25) is 0 Å². The number of amides is 1. The van der Waals surface area contributed by atoms with E-state index in [4.69, 9.17) is 0 Å². The molecule has 2 aromatic carbocycles. The van der Waals surface area contributed by atoms with Gasteiger partial charge in [0.1, 0.15) is 10.8 Å². The molecule has 1 aromatic heterocycles. The van der Waals surface area contributed by atoms with Crippen molar-refractivity contribution in [1.82, 2.24) is 15.2 Å². The third-order valence-electron chi connectivity index (χ3n) is 5.25. The maximum absolute atomic E-state index is 13.1. The summed E-state index contributed by atoms with van der Waals surface area (Å²) in [6.07, 6.45) is 1.77. The van der Waals surface area contributed by atoms with Gasteiger partial charge < -0.3 is 10.2 Å². The molecule has 1 aliphatic heterocycles. The molecule has 1 amide bonds. The van der Waals surface area contributed by atoms with Crippen LogP contribution in [0.2, 0.25) is 0 Å². The van der Waals surface area contributed by atoms with Gasteiger partial charge in [-0.25, -0.2) is 9.37 Å². The zero-order valence-corrected chi connectivity index (χ0v) is 18.0. The van der Waals surface area contributed by atoms with Crippen LogP contribution in [0.3, 0.4) is 0 Å². The molecule has 0 spiro atoms. The molecule has 0 atom stereocenters. The molecule has 0 unspecified atom stereocenters. The van der Waals surface area contributed by atoms with Crippen LogP contribution < -0.4 is 10.2 Å². The van der Waals surface area contributed by atoms with Gasteiger partial charge in [0.25, 0.3) is 5.91 Å². The van der Waals surface area contributed by atoms with Crippen molar-refractivity contribution in [2.45, 2.75) is 9.92 Å². The number of benzene rings is 2. The van der Waals surface area contributed by atoms with Crippen LogP contribution in [-0.4, -0.2) is 55.1 Å². The molecule has 0 aliphatic carbocycles. The first-order valence-corrected chi connectivity index (χ1v) is 11.2. The molecule has 1 N–H and O–H groups in total. The van der Waals surface area contributed by atoms with Gasteiger partial charge in [0.15, 0.2) is 0 Å². The summed E-state index contributed by atoms with van der Waals surface area (Å²) < 4.78 is 13.1. The number of carbonyl (C=O) groups is 1. The Morgan fingerprint density at radius 2 is 1.71 bits per heavy atom. The summed E-state index contributed by atoms with van der Waals surface area (Å²) in [5.74, 6) is -0.265. The summed E-state index contributed by atoms with van der Waals surface area (Å²) in [4.78, 5) is 22.4. The topological polar surface area (TPSA) is 48.5 Å². The number of pyridine rings is 1. The van der Waals surface area contributed by atoms with E-state index < -0.39 is 0 Å². The molecule has 2 heterocycles. The number of halogens is 1. The molecule has 1 aliphatic rings. The predicted octanol–water partition coefficient (Wildman–Crippen LogP) is 3.92. The Morgan fingerprint density at radius 1 is 0.968 bits per heavy atom. The highest BCUT2D eigenvalue weighted by Crippen LogP contribution is 2.25. The Morgan fingerprint density at radius 3 is 2.39 bits per heavy atom. The van der Waals surface area contributed by atoms with E-state index >= 15 is 0 Å². The highest BCUT2D eigenvalue weighted by atomic mass is 32.2. The van der Waals surface area contributed by atoms with Crippen molar-refractivity contribution >= 4 is 23.4 Å². The van der Waals surface area contributed by atoms with E-state index in [1.54, 1.807) is 18.0 Å². The van der Waals surface area contributed by atoms with E-state index in [1.807, 2.05) is 54.6 Å². The molecule has 0 saturated carbocycles. The predicted molar refractivity (Wildman–Crippen MR) is 122 cm³/mol. The Labute approximate surface area is 186 Å². The Balaban J connectivity index is 1.18. The van der Waals surface area contributed by atoms with E-state index in [1.165, 1.54) is 12.1 Å². The van der Waals surface area contributed by atoms with Crippen LogP contribution in [0.5, 0.6) is 0 Å². The first-order valence-electron chi connectivity index (χ1n) is 10.4. The summed E-state index contributed by atoms with van der Waals surface area (Å²) in [5, 5.41) is 3.94. The van der Waals surface area contributed by atoms with Gasteiger partial charge in [-0.2, -0.15) is 0 Å². The average molecular weight is 437 g/mol. The van der Waals surface area contributed by atoms with Gasteiger partial charge in [-0.1, -0.05) is 17.8 Å². The first kappa shape index (κ1) is 21.3. The smallest absolute Gasteiger partial charge is 0.251 e. The van der Waals surface area contributed by atoms with Gasteiger partial charge >= 0.3 is 0 Å². The quantitative estimate of drug-likeness (QED) is 0.608. The van der Waals surface area contributed by atoms with E-state index in [9.17, 15) is 9.18 Å². The van der Waals surface area contributed by atoms with Gasteiger partial charge in [0, 0.05) is 61.6 Å². The molecule has 0 bridgehead atoms. The van der Waals surface area contributed by atoms with Crippen LogP contribution >= 0.6 is 11.8 Å². The van der Waals surface area contributed by atoms with Crippen LogP contribution in [0.25, 0.3) is 0 Å². The second-order valence-corrected chi connectivity index (χ2v) is 8.45. The van der Waals surface area contributed by atoms with Crippen molar-refractivity contribution < 1.29 is 9.18 Å². The Hall–Kier alpha value is -2.90. The molecule has 3 aromatic rings. The molecule has 1 fully saturated rings. The van der Waals surface area contributed by atoms with Crippen LogP contribution in [0.15, 0.2) is 82.8 Å².